The summed E-state index contributed by atoms with van der Waals surface area (Å²) in [5.74, 6) is -1.10. The number of carbonyl (C=O) groups is 2. The summed E-state index contributed by atoms with van der Waals surface area (Å²) in [5, 5.41) is 14.3. The molecule has 0 bridgehead atoms. The normalized spacial score (nSPS) is 10.9. The molecule has 0 aliphatic heterocycles. The number of hydrogen-bond donors (Lipinski definition) is 3. The summed E-state index contributed by atoms with van der Waals surface area (Å²) in [6.45, 7) is 3.78. The second-order valence-corrected chi connectivity index (χ2v) is 6.51. The van der Waals surface area contributed by atoms with Crippen LogP contribution in [0.5, 0.6) is 0 Å². The van der Waals surface area contributed by atoms with Crippen molar-refractivity contribution in [1.82, 2.24) is 41.0 Å². The Bertz CT molecular complexity index is 964. The average Bonchev–Trinajstić information content (AvgIpc) is 3.29. The first kappa shape index (κ1) is 18.8. The van der Waals surface area contributed by atoms with Gasteiger partial charge in [0.1, 0.15) is 11.5 Å². The largest absolute Gasteiger partial charge is 0.309 e. The maximum atomic E-state index is 12.3. The molecule has 27 heavy (non-hydrogen) atoms. The van der Waals surface area contributed by atoms with Gasteiger partial charge in [0.25, 0.3) is 5.91 Å². The van der Waals surface area contributed by atoms with Gasteiger partial charge in [-0.1, -0.05) is 43.1 Å². The molecule has 140 valence electrons. The third kappa shape index (κ3) is 3.91. The summed E-state index contributed by atoms with van der Waals surface area (Å²) in [6, 6.07) is 5.02. The van der Waals surface area contributed by atoms with Gasteiger partial charge in [-0.3, -0.25) is 20.4 Å². The molecule has 2 aromatic heterocycles. The van der Waals surface area contributed by atoms with E-state index in [2.05, 4.69) is 36.3 Å². The van der Waals surface area contributed by atoms with Gasteiger partial charge < -0.3 is 0 Å². The fourth-order valence-electron chi connectivity index (χ4n) is 2.19. The first-order chi connectivity index (χ1) is 12.9. The molecule has 0 fully saturated rings. The lowest BCUT2D eigenvalue weighted by Crippen LogP contribution is -2.42. The number of halogens is 2. The van der Waals surface area contributed by atoms with Crippen LogP contribution in [0, 0.1) is 0 Å². The topological polar surface area (TPSA) is 130 Å². The van der Waals surface area contributed by atoms with Crippen LogP contribution in [0.3, 0.4) is 0 Å². The maximum Gasteiger partial charge on any atom is 0.309 e. The predicted molar refractivity (Wildman–Crippen MR) is 96.8 cm³/mol. The minimum absolute atomic E-state index is 0.0134. The van der Waals surface area contributed by atoms with Crippen molar-refractivity contribution in [2.75, 3.05) is 0 Å². The first-order valence-corrected chi connectivity index (χ1v) is 8.52. The molecule has 0 atom stereocenters. The fraction of sp³-hybridized carbons (Fsp3) is 0.200. The molecule has 1 aromatic carbocycles. The quantitative estimate of drug-likeness (QED) is 0.564. The van der Waals surface area contributed by atoms with Gasteiger partial charge >= 0.3 is 5.91 Å². The maximum absolute atomic E-state index is 12.3. The number of hydrogen-bond acceptors (Lipinski definition) is 6. The zero-order chi connectivity index (χ0) is 19.6. The van der Waals surface area contributed by atoms with Crippen molar-refractivity contribution in [2.45, 2.75) is 19.8 Å². The van der Waals surface area contributed by atoms with Crippen molar-refractivity contribution < 1.29 is 9.59 Å². The number of para-hydroxylation sites is 1. The first-order valence-electron chi connectivity index (χ1n) is 7.76. The van der Waals surface area contributed by atoms with Crippen LogP contribution in [0.25, 0.3) is 5.69 Å². The number of H-pyrrole nitrogens is 1. The van der Waals surface area contributed by atoms with E-state index in [1.54, 1.807) is 18.2 Å². The number of nitrogens with zero attached hydrogens (tertiary/aromatic N) is 5. The lowest BCUT2D eigenvalue weighted by molar-refractivity contribution is 0.0838. The van der Waals surface area contributed by atoms with Gasteiger partial charge in [0.2, 0.25) is 5.82 Å². The van der Waals surface area contributed by atoms with Crippen molar-refractivity contribution in [3.05, 3.63) is 51.8 Å². The Morgan fingerprint density at radius 2 is 1.81 bits per heavy atom. The number of aromatic amines is 1. The molecular formula is C15H14Cl2N8O2. The number of hydrazine groups is 1. The van der Waals surface area contributed by atoms with Crippen molar-refractivity contribution in [3.8, 4) is 5.69 Å². The molecule has 0 unspecified atom stereocenters. The van der Waals surface area contributed by atoms with E-state index in [-0.39, 0.29) is 17.4 Å². The smallest absolute Gasteiger partial charge is 0.265 e. The summed E-state index contributed by atoms with van der Waals surface area (Å²) < 4.78 is 1.42. The summed E-state index contributed by atoms with van der Waals surface area (Å²) in [4.78, 5) is 28.4. The number of nitrogens with one attached hydrogen (secondary N) is 3. The molecule has 0 aliphatic carbocycles. The Balaban J connectivity index is 1.86. The van der Waals surface area contributed by atoms with Crippen LogP contribution in [0.15, 0.2) is 24.4 Å². The van der Waals surface area contributed by atoms with Gasteiger partial charge in [-0.05, 0) is 12.1 Å². The van der Waals surface area contributed by atoms with E-state index in [9.17, 15) is 9.59 Å². The Kier molecular flexibility index (Phi) is 5.38. The third-order valence-electron chi connectivity index (χ3n) is 3.44. The fourth-order valence-corrected chi connectivity index (χ4v) is 2.75. The Hall–Kier alpha value is -2.98. The molecule has 0 aliphatic rings. The number of rotatable bonds is 4. The molecule has 3 N–H and O–H groups in total. The Morgan fingerprint density at radius 3 is 2.41 bits per heavy atom. The van der Waals surface area contributed by atoms with Crippen molar-refractivity contribution >= 4 is 35.0 Å². The number of carbonyl (C=O) groups excluding carboxylic acids is 2. The number of aromatic nitrogens is 6. The molecule has 0 saturated heterocycles. The van der Waals surface area contributed by atoms with Crippen molar-refractivity contribution in [1.29, 1.82) is 0 Å². The van der Waals surface area contributed by atoms with E-state index in [0.29, 0.717) is 21.6 Å². The van der Waals surface area contributed by atoms with Gasteiger partial charge in [-0.25, -0.2) is 9.67 Å². The van der Waals surface area contributed by atoms with Crippen LogP contribution in [0.4, 0.5) is 0 Å². The summed E-state index contributed by atoms with van der Waals surface area (Å²) in [6.07, 6.45) is 1.21. The van der Waals surface area contributed by atoms with Gasteiger partial charge in [-0.15, -0.1) is 5.10 Å². The molecule has 0 radical (unpaired) electrons. The second-order valence-electron chi connectivity index (χ2n) is 5.69. The van der Waals surface area contributed by atoms with E-state index >= 15 is 0 Å². The zero-order valence-electron chi connectivity index (χ0n) is 14.2. The van der Waals surface area contributed by atoms with Gasteiger partial charge in [0.05, 0.1) is 16.2 Å². The molecule has 2 heterocycles. The van der Waals surface area contributed by atoms with Crippen LogP contribution in [-0.2, 0) is 0 Å². The average molecular weight is 409 g/mol. The van der Waals surface area contributed by atoms with E-state index in [1.807, 2.05) is 13.8 Å². The highest BCUT2D eigenvalue weighted by atomic mass is 35.5. The van der Waals surface area contributed by atoms with E-state index < -0.39 is 11.8 Å². The summed E-state index contributed by atoms with van der Waals surface area (Å²) >= 11 is 12.5. The second kappa shape index (κ2) is 7.72. The highest BCUT2D eigenvalue weighted by molar-refractivity contribution is 6.37. The van der Waals surface area contributed by atoms with Crippen LogP contribution in [-0.4, -0.2) is 42.0 Å². The van der Waals surface area contributed by atoms with Crippen LogP contribution >= 0.6 is 23.2 Å². The highest BCUT2D eigenvalue weighted by Crippen LogP contribution is 2.30. The van der Waals surface area contributed by atoms with Gasteiger partial charge in [-0.2, -0.15) is 15.4 Å². The molecule has 2 amide bonds. The monoisotopic (exact) mass is 408 g/mol. The van der Waals surface area contributed by atoms with Crippen LogP contribution in [0.1, 0.15) is 46.7 Å². The van der Waals surface area contributed by atoms with E-state index in [4.69, 9.17) is 23.2 Å². The zero-order valence-corrected chi connectivity index (χ0v) is 15.7. The predicted octanol–water partition coefficient (Wildman–Crippen LogP) is 1.89. The minimum Gasteiger partial charge on any atom is -0.265 e. The van der Waals surface area contributed by atoms with Crippen molar-refractivity contribution in [2.24, 2.45) is 0 Å². The lowest BCUT2D eigenvalue weighted by Gasteiger charge is -2.11. The third-order valence-corrected chi connectivity index (χ3v) is 4.05. The molecule has 12 heteroatoms. The SMILES string of the molecule is CC(C)c1nc(C(=O)NNC(=O)c2cn[nH]n2)nn1-c1c(Cl)cccc1Cl. The summed E-state index contributed by atoms with van der Waals surface area (Å²) in [5.41, 5.74) is 4.86. The van der Waals surface area contributed by atoms with Gasteiger partial charge in [0, 0.05) is 5.92 Å². The van der Waals surface area contributed by atoms with Crippen molar-refractivity contribution in [3.63, 3.8) is 0 Å². The van der Waals surface area contributed by atoms with E-state index in [1.165, 1.54) is 10.9 Å². The summed E-state index contributed by atoms with van der Waals surface area (Å²) in [7, 11) is 0. The highest BCUT2D eigenvalue weighted by Gasteiger charge is 2.22. The standard InChI is InChI=1S/C15H14Cl2N8O2/c1-7(2)13-19-12(15(27)22-21-14(26)10-6-18-24-20-10)23-25(13)11-8(16)4-3-5-9(11)17/h3-7H,1-2H3,(H,21,26)(H,22,27)(H,18,20,24). The Labute approximate surface area is 163 Å². The molecule has 0 spiro atoms. The molecule has 10 nitrogen and oxygen atoms in total. The molecular weight excluding hydrogens is 395 g/mol. The molecule has 0 saturated carbocycles. The number of benzene rings is 1. The minimum atomic E-state index is -0.712. The molecule has 3 aromatic rings. The Morgan fingerprint density at radius 1 is 1.15 bits per heavy atom. The lowest BCUT2D eigenvalue weighted by atomic mass is 10.2. The number of amides is 2. The molecule has 3 rings (SSSR count). The van der Waals surface area contributed by atoms with Gasteiger partial charge in [0.15, 0.2) is 5.69 Å². The van der Waals surface area contributed by atoms with Crippen LogP contribution < -0.4 is 10.9 Å². The van der Waals surface area contributed by atoms with Crippen LogP contribution in [0.2, 0.25) is 10.0 Å². The van der Waals surface area contributed by atoms with E-state index in [0.717, 1.165) is 0 Å².